The molecule has 1 atom stereocenters. The summed E-state index contributed by atoms with van der Waals surface area (Å²) in [5.41, 5.74) is 2.12. The van der Waals surface area contributed by atoms with Gasteiger partial charge in [-0.05, 0) is 58.8 Å². The fourth-order valence-electron chi connectivity index (χ4n) is 1.70. The second-order valence-corrected chi connectivity index (χ2v) is 5.71. The molecule has 2 N–H and O–H groups in total. The summed E-state index contributed by atoms with van der Waals surface area (Å²) in [4.78, 5) is 0. The minimum absolute atomic E-state index is 0.570. The first kappa shape index (κ1) is 10.7. The number of rotatable bonds is 0. The smallest absolute Gasteiger partial charge is 0.153 e. The molecule has 0 bridgehead atoms. The van der Waals surface area contributed by atoms with Crippen LogP contribution in [0.4, 0.5) is 0 Å². The Bertz CT molecular complexity index is 354. The van der Waals surface area contributed by atoms with Crippen molar-refractivity contribution in [1.82, 2.24) is 5.32 Å². The molecule has 1 aromatic carbocycles. The highest BCUT2D eigenvalue weighted by molar-refractivity contribution is 14.1. The standard InChI is InChI=1S/C10H11ClINO/c11-8-2-1-7-3-4-13-6-10(12,14)9(7)5-8/h1-2,5,13-14H,3-4,6H2. The Balaban J connectivity index is 2.52. The van der Waals surface area contributed by atoms with Crippen LogP contribution in [-0.2, 0) is 10.0 Å². The first-order valence-electron chi connectivity index (χ1n) is 4.50. The maximum Gasteiger partial charge on any atom is 0.153 e. The number of hydrogen-bond acceptors (Lipinski definition) is 2. The fraction of sp³-hybridized carbons (Fsp3) is 0.400. The number of hydrogen-bond donors (Lipinski definition) is 2. The second kappa shape index (κ2) is 3.96. The Morgan fingerprint density at radius 3 is 3.07 bits per heavy atom. The zero-order valence-electron chi connectivity index (χ0n) is 7.56. The van der Waals surface area contributed by atoms with Gasteiger partial charge < -0.3 is 10.4 Å². The molecule has 0 amide bonds. The van der Waals surface area contributed by atoms with Crippen molar-refractivity contribution in [3.05, 3.63) is 34.3 Å². The van der Waals surface area contributed by atoms with Gasteiger partial charge in [0.05, 0.1) is 0 Å². The van der Waals surface area contributed by atoms with Gasteiger partial charge in [0.15, 0.2) is 3.61 Å². The van der Waals surface area contributed by atoms with Crippen LogP contribution in [0.1, 0.15) is 11.1 Å². The topological polar surface area (TPSA) is 32.3 Å². The minimum Gasteiger partial charge on any atom is -0.374 e. The molecule has 0 spiro atoms. The number of aliphatic hydroxyl groups is 1. The molecule has 14 heavy (non-hydrogen) atoms. The first-order chi connectivity index (χ1) is 6.59. The second-order valence-electron chi connectivity index (χ2n) is 3.49. The van der Waals surface area contributed by atoms with Crippen molar-refractivity contribution >= 4 is 34.2 Å². The van der Waals surface area contributed by atoms with Crippen LogP contribution in [0.5, 0.6) is 0 Å². The molecule has 0 saturated carbocycles. The predicted molar refractivity (Wildman–Crippen MR) is 65.9 cm³/mol. The van der Waals surface area contributed by atoms with Crippen LogP contribution >= 0.6 is 34.2 Å². The van der Waals surface area contributed by atoms with Crippen molar-refractivity contribution < 1.29 is 5.11 Å². The lowest BCUT2D eigenvalue weighted by atomic mass is 10.0. The molecule has 0 saturated heterocycles. The van der Waals surface area contributed by atoms with Gasteiger partial charge in [0, 0.05) is 11.6 Å². The van der Waals surface area contributed by atoms with E-state index in [9.17, 15) is 5.11 Å². The van der Waals surface area contributed by atoms with Crippen molar-refractivity contribution in [2.24, 2.45) is 0 Å². The lowest BCUT2D eigenvalue weighted by molar-refractivity contribution is 0.157. The van der Waals surface area contributed by atoms with Gasteiger partial charge >= 0.3 is 0 Å². The summed E-state index contributed by atoms with van der Waals surface area (Å²) in [6.45, 7) is 1.47. The molecule has 2 rings (SSSR count). The lowest BCUT2D eigenvalue weighted by Crippen LogP contribution is -2.31. The molecule has 0 aromatic heterocycles. The average Bonchev–Trinajstić information content (AvgIpc) is 2.26. The van der Waals surface area contributed by atoms with Gasteiger partial charge in [0.2, 0.25) is 0 Å². The Kier molecular flexibility index (Phi) is 3.02. The summed E-state index contributed by atoms with van der Waals surface area (Å²) < 4.78 is -0.839. The lowest BCUT2D eigenvalue weighted by Gasteiger charge is -2.21. The van der Waals surface area contributed by atoms with Gasteiger partial charge in [-0.2, -0.15) is 0 Å². The number of alkyl halides is 1. The fourth-order valence-corrected chi connectivity index (χ4v) is 2.64. The van der Waals surface area contributed by atoms with Gasteiger partial charge in [-0.15, -0.1) is 0 Å². The largest absolute Gasteiger partial charge is 0.374 e. The highest BCUT2D eigenvalue weighted by Crippen LogP contribution is 2.34. The summed E-state index contributed by atoms with van der Waals surface area (Å²) >= 11 is 7.98. The summed E-state index contributed by atoms with van der Waals surface area (Å²) in [6.07, 6.45) is 0.942. The Labute approximate surface area is 102 Å². The monoisotopic (exact) mass is 323 g/mol. The predicted octanol–water partition coefficient (Wildman–Crippen LogP) is 2.07. The van der Waals surface area contributed by atoms with E-state index in [0.717, 1.165) is 18.5 Å². The van der Waals surface area contributed by atoms with Crippen LogP contribution in [0.2, 0.25) is 5.02 Å². The third-order valence-corrected chi connectivity index (χ3v) is 3.61. The molecule has 0 radical (unpaired) electrons. The van der Waals surface area contributed by atoms with Crippen LogP contribution in [0.25, 0.3) is 0 Å². The van der Waals surface area contributed by atoms with Gasteiger partial charge in [-0.25, -0.2) is 0 Å². The normalized spacial score (nSPS) is 26.8. The number of halogens is 2. The molecule has 0 fully saturated rings. The Morgan fingerprint density at radius 2 is 2.29 bits per heavy atom. The minimum atomic E-state index is -0.839. The molecular weight excluding hydrogens is 312 g/mol. The maximum atomic E-state index is 10.2. The van der Waals surface area contributed by atoms with E-state index in [0.29, 0.717) is 11.6 Å². The molecule has 0 aliphatic carbocycles. The van der Waals surface area contributed by atoms with Gasteiger partial charge in [-0.1, -0.05) is 17.7 Å². The van der Waals surface area contributed by atoms with Crippen molar-refractivity contribution in [1.29, 1.82) is 0 Å². The van der Waals surface area contributed by atoms with Gasteiger partial charge in [0.25, 0.3) is 0 Å². The zero-order valence-corrected chi connectivity index (χ0v) is 10.5. The van der Waals surface area contributed by atoms with E-state index in [1.165, 1.54) is 5.56 Å². The number of β-amino-alcohol motifs (C(OH)–C–C–N with tert-alkyl or cyclic N) is 1. The van der Waals surface area contributed by atoms with Gasteiger partial charge in [0.1, 0.15) is 0 Å². The number of benzene rings is 1. The molecule has 2 nitrogen and oxygen atoms in total. The van der Waals surface area contributed by atoms with E-state index in [4.69, 9.17) is 11.6 Å². The average molecular weight is 324 g/mol. The molecule has 4 heteroatoms. The molecule has 1 aromatic rings. The number of fused-ring (bicyclic) bond motifs is 1. The first-order valence-corrected chi connectivity index (χ1v) is 5.96. The van der Waals surface area contributed by atoms with E-state index < -0.39 is 3.61 Å². The zero-order chi connectivity index (χ0) is 10.2. The van der Waals surface area contributed by atoms with Crippen LogP contribution in [0.15, 0.2) is 18.2 Å². The highest BCUT2D eigenvalue weighted by Gasteiger charge is 2.29. The van der Waals surface area contributed by atoms with Crippen molar-refractivity contribution in [2.75, 3.05) is 13.1 Å². The molecule has 1 heterocycles. The SMILES string of the molecule is OC1(I)CNCCc2ccc(Cl)cc21. The van der Waals surface area contributed by atoms with Crippen LogP contribution in [0, 0.1) is 0 Å². The Hall–Kier alpha value is 0.160. The highest BCUT2D eigenvalue weighted by atomic mass is 127. The van der Waals surface area contributed by atoms with E-state index in [-0.39, 0.29) is 0 Å². The third kappa shape index (κ3) is 2.05. The van der Waals surface area contributed by atoms with Crippen molar-refractivity contribution in [3.63, 3.8) is 0 Å². The molecular formula is C10H11ClINO. The molecule has 1 aliphatic heterocycles. The quantitative estimate of drug-likeness (QED) is 0.566. The summed E-state index contributed by atoms with van der Waals surface area (Å²) in [5.74, 6) is 0. The van der Waals surface area contributed by atoms with Crippen LogP contribution in [0.3, 0.4) is 0 Å². The maximum absolute atomic E-state index is 10.2. The van der Waals surface area contributed by atoms with E-state index >= 15 is 0 Å². The van der Waals surface area contributed by atoms with Crippen LogP contribution < -0.4 is 5.32 Å². The summed E-state index contributed by atoms with van der Waals surface area (Å²) in [6, 6.07) is 5.73. The van der Waals surface area contributed by atoms with Crippen LogP contribution in [-0.4, -0.2) is 18.2 Å². The summed E-state index contributed by atoms with van der Waals surface area (Å²) in [5, 5.41) is 14.1. The number of nitrogens with one attached hydrogen (secondary N) is 1. The van der Waals surface area contributed by atoms with Crippen molar-refractivity contribution in [2.45, 2.75) is 10.0 Å². The summed E-state index contributed by atoms with van der Waals surface area (Å²) in [7, 11) is 0. The molecule has 1 aliphatic rings. The Morgan fingerprint density at radius 1 is 1.50 bits per heavy atom. The van der Waals surface area contributed by atoms with E-state index in [2.05, 4.69) is 27.9 Å². The van der Waals surface area contributed by atoms with Gasteiger partial charge in [-0.3, -0.25) is 0 Å². The van der Waals surface area contributed by atoms with E-state index in [1.54, 1.807) is 0 Å². The van der Waals surface area contributed by atoms with E-state index in [1.807, 2.05) is 18.2 Å². The third-order valence-electron chi connectivity index (χ3n) is 2.41. The van der Waals surface area contributed by atoms with Crippen molar-refractivity contribution in [3.8, 4) is 0 Å². The molecule has 1 unspecified atom stereocenters. The molecule has 76 valence electrons.